The fourth-order valence-electron chi connectivity index (χ4n) is 1.95. The lowest BCUT2D eigenvalue weighted by atomic mass is 10.1. The summed E-state index contributed by atoms with van der Waals surface area (Å²) in [5.74, 6) is 0.775. The second kappa shape index (κ2) is 5.92. The van der Waals surface area contributed by atoms with E-state index in [9.17, 15) is 0 Å². The first-order valence-electron chi connectivity index (χ1n) is 6.28. The predicted molar refractivity (Wildman–Crippen MR) is 83.4 cm³/mol. The van der Waals surface area contributed by atoms with Crippen molar-refractivity contribution in [1.29, 1.82) is 0 Å². The van der Waals surface area contributed by atoms with Crippen molar-refractivity contribution in [3.05, 3.63) is 71.2 Å². The van der Waals surface area contributed by atoms with Crippen LogP contribution in [-0.2, 0) is 6.54 Å². The van der Waals surface area contributed by atoms with Crippen LogP contribution in [0.25, 0.3) is 11.3 Å². The van der Waals surface area contributed by atoms with E-state index in [0.29, 0.717) is 0 Å². The van der Waals surface area contributed by atoms with Crippen molar-refractivity contribution >= 4 is 21.6 Å². The minimum absolute atomic E-state index is 0.775. The molecule has 2 aromatic carbocycles. The number of aromatic nitrogens is 1. The van der Waals surface area contributed by atoms with Crippen molar-refractivity contribution in [1.82, 2.24) is 4.98 Å². The van der Waals surface area contributed by atoms with Crippen LogP contribution >= 0.6 is 15.9 Å². The third-order valence-electron chi connectivity index (χ3n) is 2.99. The summed E-state index contributed by atoms with van der Waals surface area (Å²) >= 11 is 3.44. The molecule has 0 amide bonds. The van der Waals surface area contributed by atoms with E-state index in [4.69, 9.17) is 4.42 Å². The SMILES string of the molecule is Brc1ccc(CNc2cccc(-c3cnco3)c2)cc1. The van der Waals surface area contributed by atoms with Gasteiger partial charge in [0.05, 0.1) is 6.20 Å². The molecule has 0 aliphatic rings. The molecule has 3 aromatic rings. The predicted octanol–water partition coefficient (Wildman–Crippen LogP) is 4.72. The summed E-state index contributed by atoms with van der Waals surface area (Å²) in [5, 5.41) is 3.41. The van der Waals surface area contributed by atoms with Gasteiger partial charge in [0.15, 0.2) is 12.2 Å². The van der Waals surface area contributed by atoms with Crippen molar-refractivity contribution in [2.75, 3.05) is 5.32 Å². The van der Waals surface area contributed by atoms with Crippen LogP contribution in [0.4, 0.5) is 5.69 Å². The highest BCUT2D eigenvalue weighted by Crippen LogP contribution is 2.22. The minimum atomic E-state index is 0.775. The number of oxazole rings is 1. The number of hydrogen-bond acceptors (Lipinski definition) is 3. The molecule has 0 saturated heterocycles. The van der Waals surface area contributed by atoms with Crippen LogP contribution < -0.4 is 5.32 Å². The molecule has 0 bridgehead atoms. The van der Waals surface area contributed by atoms with Crippen molar-refractivity contribution in [3.63, 3.8) is 0 Å². The molecule has 0 aliphatic carbocycles. The van der Waals surface area contributed by atoms with Gasteiger partial charge in [-0.2, -0.15) is 0 Å². The fourth-order valence-corrected chi connectivity index (χ4v) is 2.21. The van der Waals surface area contributed by atoms with Crippen molar-refractivity contribution < 1.29 is 4.42 Å². The summed E-state index contributed by atoms with van der Waals surface area (Å²) in [6, 6.07) is 16.4. The smallest absolute Gasteiger partial charge is 0.181 e. The molecule has 100 valence electrons. The van der Waals surface area contributed by atoms with E-state index in [1.807, 2.05) is 30.3 Å². The Morgan fingerprint density at radius 1 is 1.10 bits per heavy atom. The molecule has 0 aliphatic heterocycles. The first kappa shape index (κ1) is 12.9. The van der Waals surface area contributed by atoms with Crippen molar-refractivity contribution in [2.45, 2.75) is 6.54 Å². The highest BCUT2D eigenvalue weighted by atomic mass is 79.9. The number of nitrogens with one attached hydrogen (secondary N) is 1. The Morgan fingerprint density at radius 2 is 1.95 bits per heavy atom. The standard InChI is InChI=1S/C16H13BrN2O/c17-14-6-4-12(5-7-14)9-19-15-3-1-2-13(8-15)16-10-18-11-20-16/h1-8,10-11,19H,9H2. The maximum Gasteiger partial charge on any atom is 0.181 e. The average Bonchev–Trinajstić information content (AvgIpc) is 3.01. The molecule has 0 atom stereocenters. The normalized spacial score (nSPS) is 10.4. The van der Waals surface area contributed by atoms with Crippen LogP contribution in [0, 0.1) is 0 Å². The van der Waals surface area contributed by atoms with Crippen LogP contribution in [0.3, 0.4) is 0 Å². The molecule has 1 N–H and O–H groups in total. The van der Waals surface area contributed by atoms with E-state index < -0.39 is 0 Å². The maximum absolute atomic E-state index is 5.31. The Balaban J connectivity index is 1.72. The number of anilines is 1. The van der Waals surface area contributed by atoms with Crippen LogP contribution in [0.15, 0.2) is 70.0 Å². The van der Waals surface area contributed by atoms with Gasteiger partial charge in [-0.1, -0.05) is 40.2 Å². The molecule has 1 heterocycles. The van der Waals surface area contributed by atoms with Gasteiger partial charge in [-0.05, 0) is 29.8 Å². The summed E-state index contributed by atoms with van der Waals surface area (Å²) in [6.07, 6.45) is 3.16. The van der Waals surface area contributed by atoms with E-state index in [-0.39, 0.29) is 0 Å². The van der Waals surface area contributed by atoms with Crippen LogP contribution in [0.1, 0.15) is 5.56 Å². The minimum Gasteiger partial charge on any atom is -0.444 e. The summed E-state index contributed by atoms with van der Waals surface area (Å²) < 4.78 is 6.40. The first-order chi connectivity index (χ1) is 9.81. The molecule has 1 aromatic heterocycles. The largest absolute Gasteiger partial charge is 0.444 e. The summed E-state index contributed by atoms with van der Waals surface area (Å²) in [4.78, 5) is 3.94. The molecule has 0 unspecified atom stereocenters. The maximum atomic E-state index is 5.31. The van der Waals surface area contributed by atoms with E-state index in [1.165, 1.54) is 12.0 Å². The second-order valence-corrected chi connectivity index (χ2v) is 5.34. The van der Waals surface area contributed by atoms with Gasteiger partial charge < -0.3 is 9.73 Å². The van der Waals surface area contributed by atoms with Gasteiger partial charge in [-0.25, -0.2) is 4.98 Å². The van der Waals surface area contributed by atoms with Crippen LogP contribution in [0.5, 0.6) is 0 Å². The zero-order valence-electron chi connectivity index (χ0n) is 10.7. The molecule has 3 nitrogen and oxygen atoms in total. The topological polar surface area (TPSA) is 38.1 Å². The molecule has 20 heavy (non-hydrogen) atoms. The lowest BCUT2D eigenvalue weighted by molar-refractivity contribution is 0.572. The van der Waals surface area contributed by atoms with Gasteiger partial charge in [0, 0.05) is 22.3 Å². The Hall–Kier alpha value is -2.07. The Kier molecular flexibility index (Phi) is 3.83. The zero-order valence-corrected chi connectivity index (χ0v) is 12.3. The van der Waals surface area contributed by atoms with Crippen LogP contribution in [-0.4, -0.2) is 4.98 Å². The third-order valence-corrected chi connectivity index (χ3v) is 3.52. The molecule has 3 rings (SSSR count). The van der Waals surface area contributed by atoms with Gasteiger partial charge in [0.1, 0.15) is 0 Å². The third kappa shape index (κ3) is 3.08. The second-order valence-electron chi connectivity index (χ2n) is 4.43. The highest BCUT2D eigenvalue weighted by molar-refractivity contribution is 9.10. The van der Waals surface area contributed by atoms with E-state index in [0.717, 1.165) is 28.0 Å². The molecule has 0 spiro atoms. The van der Waals surface area contributed by atoms with E-state index in [1.54, 1.807) is 6.20 Å². The number of rotatable bonds is 4. The number of hydrogen-bond donors (Lipinski definition) is 1. The van der Waals surface area contributed by atoms with Gasteiger partial charge in [0.2, 0.25) is 0 Å². The van der Waals surface area contributed by atoms with Gasteiger partial charge in [-0.15, -0.1) is 0 Å². The average molecular weight is 329 g/mol. The zero-order chi connectivity index (χ0) is 13.8. The van der Waals surface area contributed by atoms with Gasteiger partial charge >= 0.3 is 0 Å². The Labute approximate surface area is 125 Å². The summed E-state index contributed by atoms with van der Waals surface area (Å²) in [5.41, 5.74) is 3.31. The van der Waals surface area contributed by atoms with Crippen molar-refractivity contribution in [2.24, 2.45) is 0 Å². The highest BCUT2D eigenvalue weighted by Gasteiger charge is 2.02. The number of nitrogens with zero attached hydrogens (tertiary/aromatic N) is 1. The molecule has 0 fully saturated rings. The fraction of sp³-hybridized carbons (Fsp3) is 0.0625. The van der Waals surface area contributed by atoms with Crippen LogP contribution in [0.2, 0.25) is 0 Å². The Morgan fingerprint density at radius 3 is 2.70 bits per heavy atom. The molecule has 0 radical (unpaired) electrons. The summed E-state index contributed by atoms with van der Waals surface area (Å²) in [6.45, 7) is 0.785. The molecular formula is C16H13BrN2O. The molecule has 0 saturated carbocycles. The molecule has 4 heteroatoms. The van der Waals surface area contributed by atoms with Gasteiger partial charge in [-0.3, -0.25) is 0 Å². The van der Waals surface area contributed by atoms with E-state index >= 15 is 0 Å². The lowest BCUT2D eigenvalue weighted by Gasteiger charge is -2.07. The summed E-state index contributed by atoms with van der Waals surface area (Å²) in [7, 11) is 0. The number of halogens is 1. The Bertz CT molecular complexity index is 678. The van der Waals surface area contributed by atoms with E-state index in [2.05, 4.69) is 44.4 Å². The monoisotopic (exact) mass is 328 g/mol. The number of benzene rings is 2. The first-order valence-corrected chi connectivity index (χ1v) is 7.08. The van der Waals surface area contributed by atoms with Crippen molar-refractivity contribution in [3.8, 4) is 11.3 Å². The molecular weight excluding hydrogens is 316 g/mol. The van der Waals surface area contributed by atoms with Gasteiger partial charge in [0.25, 0.3) is 0 Å². The quantitative estimate of drug-likeness (QED) is 0.753. The lowest BCUT2D eigenvalue weighted by Crippen LogP contribution is -1.99.